The summed E-state index contributed by atoms with van der Waals surface area (Å²) in [5, 5.41) is 6.55. The maximum atomic E-state index is 13.0. The second-order valence-electron chi connectivity index (χ2n) is 6.45. The number of anilines is 3. The molecule has 2 aromatic carbocycles. The van der Waals surface area contributed by atoms with E-state index in [9.17, 15) is 4.39 Å². The Labute approximate surface area is 158 Å². The van der Waals surface area contributed by atoms with Crippen molar-refractivity contribution in [2.45, 2.75) is 33.4 Å². The van der Waals surface area contributed by atoms with E-state index in [-0.39, 0.29) is 11.9 Å². The van der Waals surface area contributed by atoms with Gasteiger partial charge < -0.3 is 15.4 Å². The molecule has 6 heteroatoms. The fourth-order valence-electron chi connectivity index (χ4n) is 2.58. The van der Waals surface area contributed by atoms with Crippen molar-refractivity contribution >= 4 is 17.3 Å². The van der Waals surface area contributed by atoms with Crippen LogP contribution in [0.2, 0.25) is 0 Å². The molecule has 5 nitrogen and oxygen atoms in total. The summed E-state index contributed by atoms with van der Waals surface area (Å²) >= 11 is 0. The van der Waals surface area contributed by atoms with E-state index in [4.69, 9.17) is 4.74 Å². The summed E-state index contributed by atoms with van der Waals surface area (Å²) in [7, 11) is 0. The lowest BCUT2D eigenvalue weighted by Gasteiger charge is -2.16. The van der Waals surface area contributed by atoms with Crippen LogP contribution in [0.1, 0.15) is 25.2 Å². The van der Waals surface area contributed by atoms with Gasteiger partial charge in [0.05, 0.1) is 11.8 Å². The number of halogens is 1. The Kier molecular flexibility index (Phi) is 5.86. The van der Waals surface area contributed by atoms with Gasteiger partial charge in [-0.05, 0) is 50.6 Å². The predicted octanol–water partition coefficient (Wildman–Crippen LogP) is 5.07. The molecule has 0 saturated heterocycles. The molecule has 3 rings (SSSR count). The van der Waals surface area contributed by atoms with E-state index in [2.05, 4.69) is 20.6 Å². The summed E-state index contributed by atoms with van der Waals surface area (Å²) in [5.41, 5.74) is 1.81. The number of benzene rings is 2. The molecule has 0 radical (unpaired) electrons. The maximum absolute atomic E-state index is 13.0. The first kappa shape index (κ1) is 18.6. The molecular weight excluding hydrogens is 343 g/mol. The van der Waals surface area contributed by atoms with E-state index in [1.807, 2.05) is 51.1 Å². The van der Waals surface area contributed by atoms with Gasteiger partial charge in [0.25, 0.3) is 0 Å². The average molecular weight is 366 g/mol. The SMILES string of the molecule is Cc1nc(NCc2ccc(F)cc2)cc(Nc2ccccc2OC(C)C)n1. The molecule has 0 spiro atoms. The summed E-state index contributed by atoms with van der Waals surface area (Å²) < 4.78 is 18.9. The Morgan fingerprint density at radius 3 is 2.44 bits per heavy atom. The fourth-order valence-corrected chi connectivity index (χ4v) is 2.58. The van der Waals surface area contributed by atoms with Crippen LogP contribution < -0.4 is 15.4 Å². The van der Waals surface area contributed by atoms with Gasteiger partial charge in [-0.2, -0.15) is 0 Å². The Bertz CT molecular complexity index is 897. The van der Waals surface area contributed by atoms with Gasteiger partial charge in [-0.15, -0.1) is 0 Å². The van der Waals surface area contributed by atoms with E-state index in [0.717, 1.165) is 17.0 Å². The summed E-state index contributed by atoms with van der Waals surface area (Å²) in [6.45, 7) is 6.36. The van der Waals surface area contributed by atoms with E-state index in [1.54, 1.807) is 12.1 Å². The molecule has 2 N–H and O–H groups in total. The number of aromatic nitrogens is 2. The minimum Gasteiger partial charge on any atom is -0.489 e. The number of aryl methyl sites for hydroxylation is 1. The van der Waals surface area contributed by atoms with Gasteiger partial charge in [0.1, 0.15) is 29.0 Å². The van der Waals surface area contributed by atoms with Crippen LogP contribution in [-0.2, 0) is 6.54 Å². The van der Waals surface area contributed by atoms with E-state index >= 15 is 0 Å². The zero-order valence-electron chi connectivity index (χ0n) is 15.7. The molecule has 0 aliphatic carbocycles. The van der Waals surface area contributed by atoms with Gasteiger partial charge in [0.15, 0.2) is 0 Å². The third-order valence-corrected chi connectivity index (χ3v) is 3.74. The number of hydrogen-bond acceptors (Lipinski definition) is 5. The lowest BCUT2D eigenvalue weighted by Crippen LogP contribution is -2.08. The smallest absolute Gasteiger partial charge is 0.143 e. The van der Waals surface area contributed by atoms with E-state index in [0.29, 0.717) is 24.0 Å². The number of nitrogens with one attached hydrogen (secondary N) is 2. The first-order valence-electron chi connectivity index (χ1n) is 8.86. The second-order valence-corrected chi connectivity index (χ2v) is 6.45. The minimum atomic E-state index is -0.245. The molecular formula is C21H23FN4O. The molecule has 0 fully saturated rings. The van der Waals surface area contributed by atoms with Crippen molar-refractivity contribution < 1.29 is 9.13 Å². The standard InChI is InChI=1S/C21H23FN4O/c1-14(2)27-19-7-5-4-6-18(19)26-21-12-20(24-15(3)25-21)23-13-16-8-10-17(22)11-9-16/h4-12,14H,13H2,1-3H3,(H2,23,24,25,26). The average Bonchev–Trinajstić information content (AvgIpc) is 2.62. The van der Waals surface area contributed by atoms with Crippen molar-refractivity contribution in [3.8, 4) is 5.75 Å². The second kappa shape index (κ2) is 8.49. The molecule has 0 bridgehead atoms. The quantitative estimate of drug-likeness (QED) is 0.611. The summed E-state index contributed by atoms with van der Waals surface area (Å²) in [6, 6.07) is 16.0. The summed E-state index contributed by atoms with van der Waals surface area (Å²) in [4.78, 5) is 8.86. The Hall–Kier alpha value is -3.15. The molecule has 140 valence electrons. The van der Waals surface area contributed by atoms with Crippen molar-refractivity contribution in [1.29, 1.82) is 0 Å². The van der Waals surface area contributed by atoms with Crippen molar-refractivity contribution in [3.05, 3.63) is 71.8 Å². The third-order valence-electron chi connectivity index (χ3n) is 3.74. The fraction of sp³-hybridized carbons (Fsp3) is 0.238. The lowest BCUT2D eigenvalue weighted by molar-refractivity contribution is 0.244. The van der Waals surface area contributed by atoms with Crippen molar-refractivity contribution in [2.24, 2.45) is 0 Å². The Morgan fingerprint density at radius 1 is 1.00 bits per heavy atom. The van der Waals surface area contributed by atoms with Gasteiger partial charge in [0, 0.05) is 12.6 Å². The molecule has 1 heterocycles. The lowest BCUT2D eigenvalue weighted by atomic mass is 10.2. The zero-order chi connectivity index (χ0) is 19.2. The molecule has 0 saturated carbocycles. The molecule has 3 aromatic rings. The first-order chi connectivity index (χ1) is 13.0. The minimum absolute atomic E-state index is 0.0769. The first-order valence-corrected chi connectivity index (χ1v) is 8.86. The van der Waals surface area contributed by atoms with Crippen LogP contribution in [0.3, 0.4) is 0 Å². The highest BCUT2D eigenvalue weighted by Gasteiger charge is 2.08. The topological polar surface area (TPSA) is 59.1 Å². The molecule has 0 atom stereocenters. The molecule has 1 aromatic heterocycles. The van der Waals surface area contributed by atoms with Crippen molar-refractivity contribution in [2.75, 3.05) is 10.6 Å². The molecule has 0 amide bonds. The van der Waals surface area contributed by atoms with Gasteiger partial charge in [-0.3, -0.25) is 0 Å². The van der Waals surface area contributed by atoms with Crippen LogP contribution in [-0.4, -0.2) is 16.1 Å². The molecule has 0 aliphatic heterocycles. The van der Waals surface area contributed by atoms with Crippen LogP contribution in [0.15, 0.2) is 54.6 Å². The monoisotopic (exact) mass is 366 g/mol. The van der Waals surface area contributed by atoms with Crippen molar-refractivity contribution in [1.82, 2.24) is 9.97 Å². The Morgan fingerprint density at radius 2 is 1.70 bits per heavy atom. The van der Waals surface area contributed by atoms with E-state index < -0.39 is 0 Å². The highest BCUT2D eigenvalue weighted by Crippen LogP contribution is 2.28. The number of ether oxygens (including phenoxy) is 1. The number of para-hydroxylation sites is 2. The summed E-state index contributed by atoms with van der Waals surface area (Å²) in [5.74, 6) is 2.53. The number of nitrogens with zero attached hydrogens (tertiary/aromatic N) is 2. The number of hydrogen-bond donors (Lipinski definition) is 2. The van der Waals surface area contributed by atoms with Gasteiger partial charge >= 0.3 is 0 Å². The normalized spacial score (nSPS) is 10.7. The highest BCUT2D eigenvalue weighted by atomic mass is 19.1. The van der Waals surface area contributed by atoms with Crippen LogP contribution in [0, 0.1) is 12.7 Å². The maximum Gasteiger partial charge on any atom is 0.143 e. The molecule has 0 unspecified atom stereocenters. The zero-order valence-corrected chi connectivity index (χ0v) is 15.7. The van der Waals surface area contributed by atoms with Gasteiger partial charge in [-0.1, -0.05) is 24.3 Å². The van der Waals surface area contributed by atoms with Crippen LogP contribution >= 0.6 is 0 Å². The molecule has 27 heavy (non-hydrogen) atoms. The van der Waals surface area contributed by atoms with Crippen LogP contribution in [0.25, 0.3) is 0 Å². The largest absolute Gasteiger partial charge is 0.489 e. The van der Waals surface area contributed by atoms with Crippen molar-refractivity contribution in [3.63, 3.8) is 0 Å². The van der Waals surface area contributed by atoms with Crippen LogP contribution in [0.4, 0.5) is 21.7 Å². The predicted molar refractivity (Wildman–Crippen MR) is 106 cm³/mol. The molecule has 0 aliphatic rings. The highest BCUT2D eigenvalue weighted by molar-refractivity contribution is 5.65. The van der Waals surface area contributed by atoms with Gasteiger partial charge in [-0.25, -0.2) is 14.4 Å². The summed E-state index contributed by atoms with van der Waals surface area (Å²) in [6.07, 6.45) is 0.0769. The number of rotatable bonds is 7. The van der Waals surface area contributed by atoms with E-state index in [1.165, 1.54) is 12.1 Å². The Balaban J connectivity index is 1.74. The third kappa shape index (κ3) is 5.41. The van der Waals surface area contributed by atoms with Crippen LogP contribution in [0.5, 0.6) is 5.75 Å². The van der Waals surface area contributed by atoms with Gasteiger partial charge in [0.2, 0.25) is 0 Å².